The number of amides is 3. The Kier molecular flexibility index (Phi) is 9.36. The highest BCUT2D eigenvalue weighted by molar-refractivity contribution is 5.99. The molecule has 232 valence electrons. The summed E-state index contributed by atoms with van der Waals surface area (Å²) in [6.45, 7) is 6.17. The summed E-state index contributed by atoms with van der Waals surface area (Å²) >= 11 is 0. The molecular weight excluding hydrogens is 550 g/mol. The maximum absolute atomic E-state index is 14.5. The number of benzene rings is 1. The molecule has 8 atom stereocenters. The van der Waals surface area contributed by atoms with Gasteiger partial charge in [0.05, 0.1) is 18.1 Å². The number of nitrogens with one attached hydrogen (secondary N) is 1. The van der Waals surface area contributed by atoms with Gasteiger partial charge in [-0.2, -0.15) is 0 Å². The van der Waals surface area contributed by atoms with E-state index >= 15 is 0 Å². The lowest BCUT2D eigenvalue weighted by atomic mass is 9.74. The molecule has 4 heterocycles. The molecule has 1 aromatic rings. The van der Waals surface area contributed by atoms with E-state index in [1.807, 2.05) is 49.4 Å². The van der Waals surface area contributed by atoms with E-state index in [0.29, 0.717) is 18.5 Å². The number of allylic oxidation sites excluding steroid dienone is 1. The van der Waals surface area contributed by atoms with Crippen molar-refractivity contribution >= 4 is 23.7 Å². The van der Waals surface area contributed by atoms with Crippen LogP contribution in [0, 0.1) is 11.8 Å². The van der Waals surface area contributed by atoms with Gasteiger partial charge in [0.25, 0.3) is 0 Å². The first-order valence-corrected chi connectivity index (χ1v) is 15.5. The van der Waals surface area contributed by atoms with Gasteiger partial charge in [-0.25, -0.2) is 0 Å². The second kappa shape index (κ2) is 13.0. The van der Waals surface area contributed by atoms with E-state index in [1.54, 1.807) is 24.0 Å². The van der Waals surface area contributed by atoms with Crippen molar-refractivity contribution in [3.63, 3.8) is 0 Å². The molecule has 2 N–H and O–H groups in total. The van der Waals surface area contributed by atoms with Crippen LogP contribution in [0.5, 0.6) is 0 Å². The predicted octanol–water partition coefficient (Wildman–Crippen LogP) is 2.68. The van der Waals surface area contributed by atoms with Crippen molar-refractivity contribution in [1.29, 1.82) is 0 Å². The van der Waals surface area contributed by atoms with Crippen LogP contribution in [-0.2, 0) is 28.7 Å². The zero-order valence-corrected chi connectivity index (χ0v) is 25.2. The topological polar surface area (TPSA) is 125 Å². The highest BCUT2D eigenvalue weighted by Crippen LogP contribution is 2.56. The van der Waals surface area contributed by atoms with Crippen molar-refractivity contribution in [2.75, 3.05) is 19.7 Å². The maximum atomic E-state index is 14.5. The van der Waals surface area contributed by atoms with Crippen LogP contribution in [0.15, 0.2) is 54.6 Å². The van der Waals surface area contributed by atoms with Gasteiger partial charge in [-0.15, -0.1) is 0 Å². The van der Waals surface area contributed by atoms with Crippen molar-refractivity contribution < 1.29 is 33.8 Å². The second-order valence-corrected chi connectivity index (χ2v) is 12.1. The molecule has 0 aromatic heterocycles. The molecular formula is C33H43N3O7. The lowest BCUT2D eigenvalue weighted by molar-refractivity contribution is -0.161. The lowest BCUT2D eigenvalue weighted by Crippen LogP contribution is -2.57. The van der Waals surface area contributed by atoms with Crippen molar-refractivity contribution in [1.82, 2.24) is 15.1 Å². The van der Waals surface area contributed by atoms with Gasteiger partial charge in [-0.3, -0.25) is 19.2 Å². The highest BCUT2D eigenvalue weighted by Gasteiger charge is 2.73. The van der Waals surface area contributed by atoms with Gasteiger partial charge in [0.1, 0.15) is 23.7 Å². The first kappa shape index (κ1) is 30.9. The Morgan fingerprint density at radius 2 is 1.88 bits per heavy atom. The summed E-state index contributed by atoms with van der Waals surface area (Å²) in [5, 5.41) is 12.6. The molecule has 0 radical (unpaired) electrons. The zero-order valence-electron chi connectivity index (χ0n) is 25.2. The molecule has 2 saturated heterocycles. The minimum atomic E-state index is -1.32. The number of cyclic esters (lactones) is 1. The minimum Gasteiger partial charge on any atom is -0.455 e. The van der Waals surface area contributed by atoms with E-state index < -0.39 is 47.7 Å². The third-order valence-electron chi connectivity index (χ3n) is 9.18. The van der Waals surface area contributed by atoms with Crippen LogP contribution in [0.2, 0.25) is 0 Å². The van der Waals surface area contributed by atoms with Crippen molar-refractivity contribution in [3.8, 4) is 0 Å². The Labute approximate surface area is 253 Å². The normalized spacial score (nSPS) is 34.2. The molecule has 5 rings (SSSR count). The Bertz CT molecular complexity index is 1270. The van der Waals surface area contributed by atoms with Crippen LogP contribution in [0.3, 0.4) is 0 Å². The van der Waals surface area contributed by atoms with Gasteiger partial charge in [0.2, 0.25) is 17.7 Å². The number of hydrogen-bond acceptors (Lipinski definition) is 7. The van der Waals surface area contributed by atoms with Crippen LogP contribution in [0.1, 0.15) is 64.5 Å². The van der Waals surface area contributed by atoms with Crippen molar-refractivity contribution in [2.24, 2.45) is 11.8 Å². The molecule has 5 bridgehead atoms. The standard InChI is InChI=1S/C33H43N3O7/c1-4-12-21(2)35-18-10-6-9-15-25(38)34-22(3)28(23-13-7-5-8-14-23)42-32(41)26-24-16-17-33(43-24)27(26)30(39)36(19-11-20-37)29(33)31(35)40/h5-8,10,13-14,16-17,21-22,24,26-29,37H,4,9,11-12,15,18-20H2,1-3H3,(H,34,38)/b10-6-/t21?,22-,24+,26-,27-,28+,29+,33-/m1/s1. The molecule has 3 amide bonds. The quantitative estimate of drug-likeness (QED) is 0.368. The number of aliphatic hydroxyl groups is 1. The van der Waals surface area contributed by atoms with Gasteiger partial charge in [-0.1, -0.05) is 68.0 Å². The number of fused-ring (bicyclic) bond motifs is 2. The molecule has 43 heavy (non-hydrogen) atoms. The third kappa shape index (κ3) is 5.74. The van der Waals surface area contributed by atoms with E-state index in [1.165, 1.54) is 4.90 Å². The number of esters is 1. The van der Waals surface area contributed by atoms with Crippen LogP contribution in [0.4, 0.5) is 0 Å². The van der Waals surface area contributed by atoms with Gasteiger partial charge in [-0.05, 0) is 38.7 Å². The summed E-state index contributed by atoms with van der Waals surface area (Å²) in [6.07, 6.45) is 8.47. The molecule has 2 fully saturated rings. The van der Waals surface area contributed by atoms with Crippen LogP contribution in [0.25, 0.3) is 0 Å². The summed E-state index contributed by atoms with van der Waals surface area (Å²) in [4.78, 5) is 58.9. The molecule has 10 nitrogen and oxygen atoms in total. The molecule has 1 unspecified atom stereocenters. The molecule has 4 aliphatic rings. The van der Waals surface area contributed by atoms with Crippen LogP contribution >= 0.6 is 0 Å². The molecule has 1 aromatic carbocycles. The van der Waals surface area contributed by atoms with Crippen molar-refractivity contribution in [3.05, 3.63) is 60.2 Å². The number of carbonyl (C=O) groups is 4. The van der Waals surface area contributed by atoms with E-state index in [0.717, 1.165) is 12.8 Å². The highest BCUT2D eigenvalue weighted by atomic mass is 16.6. The fraction of sp³-hybridized carbons (Fsp3) is 0.576. The summed E-state index contributed by atoms with van der Waals surface area (Å²) in [7, 11) is 0. The molecule has 1 spiro atoms. The number of aliphatic hydroxyl groups excluding tert-OH is 1. The summed E-state index contributed by atoms with van der Waals surface area (Å²) in [5.41, 5.74) is -0.603. The largest absolute Gasteiger partial charge is 0.455 e. The number of likely N-dealkylation sites (tertiary alicyclic amines) is 1. The van der Waals surface area contributed by atoms with E-state index in [2.05, 4.69) is 12.2 Å². The maximum Gasteiger partial charge on any atom is 0.313 e. The van der Waals surface area contributed by atoms with Crippen LogP contribution in [-0.4, -0.2) is 88.1 Å². The Balaban J connectivity index is 1.57. The van der Waals surface area contributed by atoms with Gasteiger partial charge >= 0.3 is 5.97 Å². The number of rotatable bonds is 7. The van der Waals surface area contributed by atoms with E-state index in [4.69, 9.17) is 9.47 Å². The Morgan fingerprint density at radius 3 is 2.60 bits per heavy atom. The fourth-order valence-electron chi connectivity index (χ4n) is 7.14. The monoisotopic (exact) mass is 593 g/mol. The van der Waals surface area contributed by atoms with Gasteiger partial charge in [0.15, 0.2) is 0 Å². The molecule has 0 saturated carbocycles. The third-order valence-corrected chi connectivity index (χ3v) is 9.18. The summed E-state index contributed by atoms with van der Waals surface area (Å²) < 4.78 is 12.6. The summed E-state index contributed by atoms with van der Waals surface area (Å²) in [5.74, 6) is -3.29. The second-order valence-electron chi connectivity index (χ2n) is 12.1. The van der Waals surface area contributed by atoms with Crippen molar-refractivity contribution in [2.45, 2.75) is 88.8 Å². The fourth-order valence-corrected chi connectivity index (χ4v) is 7.14. The lowest BCUT2D eigenvalue weighted by Gasteiger charge is -2.38. The smallest absolute Gasteiger partial charge is 0.313 e. The average molecular weight is 594 g/mol. The number of nitrogens with zero attached hydrogens (tertiary/aromatic N) is 2. The molecule has 10 heteroatoms. The zero-order chi connectivity index (χ0) is 30.7. The Morgan fingerprint density at radius 1 is 1.12 bits per heavy atom. The predicted molar refractivity (Wildman–Crippen MR) is 158 cm³/mol. The SMILES string of the molecule is CCCC(C)N1C/C=C\CCC(=O)N[C@H](C)[C@@H](c2ccccc2)OC(=O)[C@@H]2[C@@H]3C=C[C@]4(O3)[C@H](C1=O)N(CCCO)C(=O)[C@@H]24. The first-order valence-electron chi connectivity index (χ1n) is 15.5. The number of ether oxygens (including phenoxy) is 2. The van der Waals surface area contributed by atoms with Crippen LogP contribution < -0.4 is 5.32 Å². The minimum absolute atomic E-state index is 0.117. The van der Waals surface area contributed by atoms with E-state index in [9.17, 15) is 24.3 Å². The van der Waals surface area contributed by atoms with Gasteiger partial charge < -0.3 is 29.7 Å². The first-order chi connectivity index (χ1) is 20.7. The molecule has 4 aliphatic heterocycles. The Hall–Kier alpha value is -3.50. The number of carbonyl (C=O) groups excluding carboxylic acids is 4. The average Bonchev–Trinajstić information content (AvgIpc) is 3.63. The number of hydrogen-bond donors (Lipinski definition) is 2. The summed E-state index contributed by atoms with van der Waals surface area (Å²) in [6, 6.07) is 7.57. The van der Waals surface area contributed by atoms with E-state index in [-0.39, 0.29) is 49.8 Å². The van der Waals surface area contributed by atoms with Gasteiger partial charge in [0, 0.05) is 32.2 Å². The molecule has 0 aliphatic carbocycles.